The first kappa shape index (κ1) is 15.0. The van der Waals surface area contributed by atoms with Crippen LogP contribution in [0.25, 0.3) is 11.3 Å². The summed E-state index contributed by atoms with van der Waals surface area (Å²) in [5, 5.41) is 15.5. The van der Waals surface area contributed by atoms with Crippen molar-refractivity contribution in [1.29, 1.82) is 0 Å². The molecule has 1 aromatic heterocycles. The van der Waals surface area contributed by atoms with E-state index >= 15 is 0 Å². The van der Waals surface area contributed by atoms with Crippen molar-refractivity contribution >= 4 is 5.69 Å². The lowest BCUT2D eigenvalue weighted by Gasteiger charge is -2.03. The van der Waals surface area contributed by atoms with Crippen LogP contribution in [0.15, 0.2) is 53.1 Å². The minimum absolute atomic E-state index is 0.0532. The molecule has 0 radical (unpaired) electrons. The normalized spacial score (nSPS) is 10.7. The van der Waals surface area contributed by atoms with Gasteiger partial charge >= 0.3 is 5.69 Å². The van der Waals surface area contributed by atoms with Gasteiger partial charge in [-0.05, 0) is 30.5 Å². The molecule has 0 amide bonds. The maximum absolute atomic E-state index is 11.6. The molecule has 3 rings (SSSR count). The molecule has 0 aliphatic rings. The standard InChI is InChI=1S/C18H16N2O3/c1-12-7-3-5-9-14(12)11-16-17(20(21)22)18(23-19-16)15-10-6-4-8-13(15)2/h3-10H,11H2,1-2H3. The minimum atomic E-state index is -0.411. The van der Waals surface area contributed by atoms with Gasteiger partial charge in [-0.1, -0.05) is 53.7 Å². The lowest BCUT2D eigenvalue weighted by molar-refractivity contribution is -0.385. The molecule has 0 saturated heterocycles. The monoisotopic (exact) mass is 308 g/mol. The molecule has 0 N–H and O–H groups in total. The Morgan fingerprint density at radius 1 is 1.04 bits per heavy atom. The summed E-state index contributed by atoms with van der Waals surface area (Å²) in [5.74, 6) is 0.219. The summed E-state index contributed by atoms with van der Waals surface area (Å²) >= 11 is 0. The minimum Gasteiger partial charge on any atom is -0.348 e. The first-order valence-electron chi connectivity index (χ1n) is 7.31. The number of rotatable bonds is 4. The van der Waals surface area contributed by atoms with Gasteiger partial charge in [-0.2, -0.15) is 0 Å². The number of hydrogen-bond acceptors (Lipinski definition) is 4. The number of hydrogen-bond donors (Lipinski definition) is 0. The lowest BCUT2D eigenvalue weighted by atomic mass is 10.0. The van der Waals surface area contributed by atoms with Crippen LogP contribution >= 0.6 is 0 Å². The van der Waals surface area contributed by atoms with E-state index in [1.54, 1.807) is 6.07 Å². The molecule has 0 aliphatic heterocycles. The molecule has 0 fully saturated rings. The molecule has 0 aliphatic carbocycles. The molecular weight excluding hydrogens is 292 g/mol. The van der Waals surface area contributed by atoms with Crippen LogP contribution in [0.1, 0.15) is 22.4 Å². The Balaban J connectivity index is 2.08. The number of nitrogens with zero attached hydrogens (tertiary/aromatic N) is 2. The molecular formula is C18H16N2O3. The topological polar surface area (TPSA) is 69.2 Å². The predicted molar refractivity (Wildman–Crippen MR) is 87.3 cm³/mol. The Morgan fingerprint density at radius 3 is 2.35 bits per heavy atom. The second-order valence-electron chi connectivity index (χ2n) is 5.48. The Kier molecular flexibility index (Phi) is 3.93. The van der Waals surface area contributed by atoms with Crippen molar-refractivity contribution in [3.8, 4) is 11.3 Å². The van der Waals surface area contributed by atoms with E-state index < -0.39 is 4.92 Å². The maximum atomic E-state index is 11.6. The summed E-state index contributed by atoms with van der Waals surface area (Å²) < 4.78 is 5.34. The van der Waals surface area contributed by atoms with Crippen LogP contribution in [-0.4, -0.2) is 10.1 Å². The smallest absolute Gasteiger partial charge is 0.339 e. The van der Waals surface area contributed by atoms with E-state index in [1.165, 1.54) is 0 Å². The third kappa shape index (κ3) is 2.85. The van der Waals surface area contributed by atoms with Gasteiger partial charge in [0.05, 0.1) is 4.92 Å². The molecule has 2 aromatic carbocycles. The van der Waals surface area contributed by atoms with Crippen molar-refractivity contribution in [3.63, 3.8) is 0 Å². The largest absolute Gasteiger partial charge is 0.348 e. The fourth-order valence-electron chi connectivity index (χ4n) is 2.62. The van der Waals surface area contributed by atoms with Crippen LogP contribution in [0.4, 0.5) is 5.69 Å². The summed E-state index contributed by atoms with van der Waals surface area (Å²) in [6.45, 7) is 3.87. The molecule has 3 aromatic rings. The first-order valence-corrected chi connectivity index (χ1v) is 7.31. The summed E-state index contributed by atoms with van der Waals surface area (Å²) in [6.07, 6.45) is 0.373. The zero-order valence-corrected chi connectivity index (χ0v) is 12.9. The lowest BCUT2D eigenvalue weighted by Crippen LogP contribution is -1.98. The number of aryl methyl sites for hydroxylation is 2. The van der Waals surface area contributed by atoms with Crippen molar-refractivity contribution in [2.75, 3.05) is 0 Å². The number of nitro groups is 1. The highest BCUT2D eigenvalue weighted by molar-refractivity contribution is 5.72. The highest BCUT2D eigenvalue weighted by atomic mass is 16.6. The average Bonchev–Trinajstić information content (AvgIpc) is 2.94. The van der Waals surface area contributed by atoms with E-state index in [1.807, 2.05) is 56.3 Å². The van der Waals surface area contributed by atoms with Crippen molar-refractivity contribution in [2.24, 2.45) is 0 Å². The predicted octanol–water partition coefficient (Wildman–Crippen LogP) is 4.46. The van der Waals surface area contributed by atoms with E-state index in [4.69, 9.17) is 4.52 Å². The Bertz CT molecular complexity index is 868. The summed E-state index contributed by atoms with van der Waals surface area (Å²) in [4.78, 5) is 11.2. The number of aromatic nitrogens is 1. The van der Waals surface area contributed by atoms with Crippen LogP contribution in [0.3, 0.4) is 0 Å². The molecule has 23 heavy (non-hydrogen) atoms. The second kappa shape index (κ2) is 6.04. The van der Waals surface area contributed by atoms with Gasteiger partial charge in [0, 0.05) is 12.0 Å². The van der Waals surface area contributed by atoms with Crippen molar-refractivity contribution < 1.29 is 9.45 Å². The summed E-state index contributed by atoms with van der Waals surface area (Å²) in [6, 6.07) is 15.2. The molecule has 0 spiro atoms. The van der Waals surface area contributed by atoms with Gasteiger partial charge < -0.3 is 4.52 Å². The third-order valence-electron chi connectivity index (χ3n) is 3.93. The SMILES string of the molecule is Cc1ccccc1Cc1noc(-c2ccccc2C)c1[N+](=O)[O-]. The quantitative estimate of drug-likeness (QED) is 0.527. The molecule has 0 bridgehead atoms. The fourth-order valence-corrected chi connectivity index (χ4v) is 2.62. The van der Waals surface area contributed by atoms with E-state index in [9.17, 15) is 10.1 Å². The third-order valence-corrected chi connectivity index (χ3v) is 3.93. The van der Waals surface area contributed by atoms with Crippen LogP contribution in [0.2, 0.25) is 0 Å². The highest BCUT2D eigenvalue weighted by Crippen LogP contribution is 2.35. The first-order chi connectivity index (χ1) is 11.1. The Hall–Kier alpha value is -2.95. The van der Waals surface area contributed by atoms with Gasteiger partial charge in [0.1, 0.15) is 0 Å². The van der Waals surface area contributed by atoms with Gasteiger partial charge in [0.2, 0.25) is 5.76 Å². The van der Waals surface area contributed by atoms with E-state index in [2.05, 4.69) is 5.16 Å². The van der Waals surface area contributed by atoms with Crippen LogP contribution in [-0.2, 0) is 6.42 Å². The molecule has 116 valence electrons. The second-order valence-corrected chi connectivity index (χ2v) is 5.48. The molecule has 0 saturated carbocycles. The molecule has 1 heterocycles. The van der Waals surface area contributed by atoms with Gasteiger partial charge in [-0.15, -0.1) is 0 Å². The zero-order chi connectivity index (χ0) is 16.4. The van der Waals surface area contributed by atoms with Crippen LogP contribution in [0.5, 0.6) is 0 Å². The zero-order valence-electron chi connectivity index (χ0n) is 12.9. The van der Waals surface area contributed by atoms with Gasteiger partial charge in [-0.25, -0.2) is 0 Å². The average molecular weight is 308 g/mol. The van der Waals surface area contributed by atoms with Gasteiger partial charge in [0.25, 0.3) is 0 Å². The van der Waals surface area contributed by atoms with Crippen molar-refractivity contribution in [3.05, 3.63) is 81.0 Å². The molecule has 0 unspecified atom stereocenters. The highest BCUT2D eigenvalue weighted by Gasteiger charge is 2.29. The van der Waals surface area contributed by atoms with Crippen LogP contribution < -0.4 is 0 Å². The molecule has 5 heteroatoms. The maximum Gasteiger partial charge on any atom is 0.339 e. The van der Waals surface area contributed by atoms with E-state index in [0.717, 1.165) is 16.7 Å². The van der Waals surface area contributed by atoms with E-state index in [0.29, 0.717) is 17.7 Å². The van der Waals surface area contributed by atoms with Crippen molar-refractivity contribution in [1.82, 2.24) is 5.16 Å². The Labute approximate surface area is 133 Å². The molecule has 0 atom stereocenters. The van der Waals surface area contributed by atoms with Crippen molar-refractivity contribution in [2.45, 2.75) is 20.3 Å². The van der Waals surface area contributed by atoms with E-state index in [-0.39, 0.29) is 11.4 Å². The van der Waals surface area contributed by atoms with Gasteiger partial charge in [0.15, 0.2) is 5.69 Å². The Morgan fingerprint density at radius 2 is 1.70 bits per heavy atom. The van der Waals surface area contributed by atoms with Crippen LogP contribution in [0, 0.1) is 24.0 Å². The summed E-state index contributed by atoms with van der Waals surface area (Å²) in [5.41, 5.74) is 3.98. The van der Waals surface area contributed by atoms with Gasteiger partial charge in [-0.3, -0.25) is 10.1 Å². The number of benzene rings is 2. The summed E-state index contributed by atoms with van der Waals surface area (Å²) in [7, 11) is 0. The molecule has 5 nitrogen and oxygen atoms in total. The fraction of sp³-hybridized carbons (Fsp3) is 0.167.